The number of rotatable bonds is 1. The highest BCUT2D eigenvalue weighted by Gasteiger charge is 2.37. The number of aromatic nitrogens is 4. The van der Waals surface area contributed by atoms with Crippen molar-refractivity contribution in [2.75, 3.05) is 0 Å². The van der Waals surface area contributed by atoms with Gasteiger partial charge in [0.25, 0.3) is 11.1 Å². The van der Waals surface area contributed by atoms with Gasteiger partial charge in [0.05, 0.1) is 17.0 Å². The van der Waals surface area contributed by atoms with Gasteiger partial charge < -0.3 is 9.84 Å². The molecule has 1 aliphatic rings. The highest BCUT2D eigenvalue weighted by molar-refractivity contribution is 5.90. The molecule has 0 spiro atoms. The van der Waals surface area contributed by atoms with Crippen LogP contribution in [0.2, 0.25) is 0 Å². The van der Waals surface area contributed by atoms with Crippen molar-refractivity contribution in [2.45, 2.75) is 5.92 Å². The second-order valence-electron chi connectivity index (χ2n) is 6.56. The van der Waals surface area contributed by atoms with Crippen LogP contribution in [0.25, 0.3) is 10.8 Å². The SMILES string of the molecule is O=c1[nH]c(O)c(C2c3c([nH]c(=O)[nH]c3=O)Oc3ccc4ccccc4c32)c(=O)[nH]1. The highest BCUT2D eigenvalue weighted by Crippen LogP contribution is 2.47. The molecule has 0 fully saturated rings. The van der Waals surface area contributed by atoms with Crippen molar-refractivity contribution in [2.24, 2.45) is 0 Å². The molecule has 0 saturated carbocycles. The van der Waals surface area contributed by atoms with Crippen molar-refractivity contribution in [1.29, 1.82) is 0 Å². The molecule has 29 heavy (non-hydrogen) atoms. The molecule has 5 N–H and O–H groups in total. The molecule has 0 aliphatic carbocycles. The largest absolute Gasteiger partial charge is 0.494 e. The maximum Gasteiger partial charge on any atom is 0.328 e. The summed E-state index contributed by atoms with van der Waals surface area (Å²) in [4.78, 5) is 57.3. The number of H-pyrrole nitrogens is 4. The first-order chi connectivity index (χ1) is 13.9. The smallest absolute Gasteiger partial charge is 0.328 e. The van der Waals surface area contributed by atoms with E-state index in [9.17, 15) is 24.3 Å². The van der Waals surface area contributed by atoms with Crippen LogP contribution in [0, 0.1) is 0 Å². The Balaban J connectivity index is 1.98. The third-order valence-electron chi connectivity index (χ3n) is 4.91. The molecule has 3 heterocycles. The maximum absolute atomic E-state index is 12.7. The first-order valence-electron chi connectivity index (χ1n) is 8.55. The number of nitrogens with one attached hydrogen (secondary N) is 4. The summed E-state index contributed by atoms with van der Waals surface area (Å²) < 4.78 is 5.76. The van der Waals surface area contributed by atoms with Gasteiger partial charge in [0, 0.05) is 5.56 Å². The van der Waals surface area contributed by atoms with E-state index < -0.39 is 34.3 Å². The minimum absolute atomic E-state index is 0.0682. The van der Waals surface area contributed by atoms with E-state index >= 15 is 0 Å². The first kappa shape index (κ1) is 16.8. The van der Waals surface area contributed by atoms with Gasteiger partial charge in [-0.25, -0.2) is 9.59 Å². The van der Waals surface area contributed by atoms with E-state index in [0.717, 1.165) is 5.39 Å². The number of benzene rings is 2. The third-order valence-corrected chi connectivity index (χ3v) is 4.91. The Morgan fingerprint density at radius 2 is 1.45 bits per heavy atom. The summed E-state index contributed by atoms with van der Waals surface area (Å²) in [6, 6.07) is 10.7. The van der Waals surface area contributed by atoms with Gasteiger partial charge in [0.1, 0.15) is 5.75 Å². The molecule has 1 unspecified atom stereocenters. The summed E-state index contributed by atoms with van der Waals surface area (Å²) in [5, 5.41) is 11.9. The molecule has 2 aromatic carbocycles. The Morgan fingerprint density at radius 3 is 2.21 bits per heavy atom. The summed E-state index contributed by atoms with van der Waals surface area (Å²) in [6.07, 6.45) is 0. The van der Waals surface area contributed by atoms with Gasteiger partial charge in [-0.2, -0.15) is 0 Å². The zero-order valence-corrected chi connectivity index (χ0v) is 14.5. The quantitative estimate of drug-likeness (QED) is 0.280. The van der Waals surface area contributed by atoms with Crippen molar-refractivity contribution in [3.8, 4) is 17.5 Å². The summed E-state index contributed by atoms with van der Waals surface area (Å²) in [7, 11) is 0. The fourth-order valence-electron chi connectivity index (χ4n) is 3.78. The van der Waals surface area contributed by atoms with Crippen LogP contribution in [0.15, 0.2) is 55.6 Å². The summed E-state index contributed by atoms with van der Waals surface area (Å²) in [5.74, 6) is -1.63. The molecular weight excluding hydrogens is 380 g/mol. The normalized spacial score (nSPS) is 14.8. The minimum Gasteiger partial charge on any atom is -0.494 e. The molecule has 10 heteroatoms. The van der Waals surface area contributed by atoms with E-state index in [1.807, 2.05) is 12.1 Å². The van der Waals surface area contributed by atoms with E-state index in [4.69, 9.17) is 4.74 Å². The Bertz CT molecular complexity index is 1520. The lowest BCUT2D eigenvalue weighted by Crippen LogP contribution is -2.34. The third kappa shape index (κ3) is 2.42. The Hall–Kier alpha value is -4.34. The van der Waals surface area contributed by atoms with Crippen LogP contribution >= 0.6 is 0 Å². The molecule has 144 valence electrons. The van der Waals surface area contributed by atoms with Gasteiger partial charge in [0.2, 0.25) is 11.8 Å². The predicted molar refractivity (Wildman–Crippen MR) is 102 cm³/mol. The van der Waals surface area contributed by atoms with Crippen LogP contribution in [-0.4, -0.2) is 25.0 Å². The van der Waals surface area contributed by atoms with Crippen molar-refractivity contribution in [3.05, 3.63) is 94.8 Å². The van der Waals surface area contributed by atoms with Gasteiger partial charge in [-0.05, 0) is 16.8 Å². The Kier molecular flexibility index (Phi) is 3.38. The number of hydrogen-bond donors (Lipinski definition) is 5. The Labute approximate surface area is 159 Å². The number of fused-ring (bicyclic) bond motifs is 4. The van der Waals surface area contributed by atoms with Crippen molar-refractivity contribution in [3.63, 3.8) is 0 Å². The van der Waals surface area contributed by atoms with E-state index in [1.54, 1.807) is 24.3 Å². The lowest BCUT2D eigenvalue weighted by atomic mass is 9.82. The molecule has 0 amide bonds. The summed E-state index contributed by atoms with van der Waals surface area (Å²) in [6.45, 7) is 0. The van der Waals surface area contributed by atoms with E-state index in [2.05, 4.69) is 19.9 Å². The molecule has 10 nitrogen and oxygen atoms in total. The molecule has 5 rings (SSSR count). The zero-order valence-electron chi connectivity index (χ0n) is 14.5. The molecule has 4 aromatic rings. The Morgan fingerprint density at radius 1 is 0.759 bits per heavy atom. The highest BCUT2D eigenvalue weighted by atomic mass is 16.5. The second kappa shape index (κ2) is 5.83. The van der Waals surface area contributed by atoms with Crippen LogP contribution in [-0.2, 0) is 0 Å². The van der Waals surface area contributed by atoms with Gasteiger partial charge >= 0.3 is 11.4 Å². The first-order valence-corrected chi connectivity index (χ1v) is 8.55. The molecular formula is C19H12N4O6. The summed E-state index contributed by atoms with van der Waals surface area (Å²) in [5.41, 5.74) is -3.19. The number of hydrogen-bond acceptors (Lipinski definition) is 6. The van der Waals surface area contributed by atoms with Crippen LogP contribution in [0.3, 0.4) is 0 Å². The van der Waals surface area contributed by atoms with E-state index in [1.165, 1.54) is 0 Å². The lowest BCUT2D eigenvalue weighted by molar-refractivity contribution is 0.417. The van der Waals surface area contributed by atoms with Gasteiger partial charge in [0.15, 0.2) is 0 Å². The van der Waals surface area contributed by atoms with Crippen LogP contribution in [0.5, 0.6) is 17.5 Å². The van der Waals surface area contributed by atoms with Gasteiger partial charge in [-0.3, -0.25) is 29.5 Å². The molecule has 0 radical (unpaired) electrons. The number of aromatic hydroxyl groups is 1. The lowest BCUT2D eigenvalue weighted by Gasteiger charge is -2.28. The van der Waals surface area contributed by atoms with E-state index in [0.29, 0.717) is 16.7 Å². The molecule has 0 bridgehead atoms. The molecule has 2 aromatic heterocycles. The fourth-order valence-corrected chi connectivity index (χ4v) is 3.78. The molecule has 1 aliphatic heterocycles. The maximum atomic E-state index is 12.7. The van der Waals surface area contributed by atoms with Gasteiger partial charge in [-0.15, -0.1) is 0 Å². The summed E-state index contributed by atoms with van der Waals surface area (Å²) >= 11 is 0. The molecule has 1 atom stereocenters. The van der Waals surface area contributed by atoms with Crippen molar-refractivity contribution < 1.29 is 9.84 Å². The standard InChI is InChI=1S/C19H12N4O6/c24-14-12(15(25)21-18(27)20-14)11-10-8-4-2-1-3-7(8)5-6-9(10)29-17-13(11)16(26)22-19(28)23-17/h1-6,11H,(H2,22,23,26,28)(H3,20,21,24,25,27). The predicted octanol–water partition coefficient (Wildman–Crippen LogP) is 0.584. The van der Waals surface area contributed by atoms with Crippen LogP contribution in [0.4, 0.5) is 0 Å². The van der Waals surface area contributed by atoms with Crippen LogP contribution in [0.1, 0.15) is 22.6 Å². The average molecular weight is 392 g/mol. The van der Waals surface area contributed by atoms with E-state index in [-0.39, 0.29) is 17.0 Å². The number of aromatic amines is 4. The monoisotopic (exact) mass is 392 g/mol. The second-order valence-corrected chi connectivity index (χ2v) is 6.56. The van der Waals surface area contributed by atoms with Crippen molar-refractivity contribution in [1.82, 2.24) is 19.9 Å². The number of ether oxygens (including phenoxy) is 1. The average Bonchev–Trinajstić information content (AvgIpc) is 2.66. The van der Waals surface area contributed by atoms with Crippen LogP contribution < -0.4 is 27.2 Å². The fraction of sp³-hybridized carbons (Fsp3) is 0.0526. The molecule has 0 saturated heterocycles. The van der Waals surface area contributed by atoms with Gasteiger partial charge in [-0.1, -0.05) is 30.3 Å². The topological polar surface area (TPSA) is 161 Å². The zero-order chi connectivity index (χ0) is 20.3. The minimum atomic E-state index is -1.11. The van der Waals surface area contributed by atoms with Crippen molar-refractivity contribution >= 4 is 10.8 Å².